The Labute approximate surface area is 118 Å². The number of aliphatic hydroxyl groups is 1. The molecule has 1 atom stereocenters. The van der Waals surface area contributed by atoms with Crippen molar-refractivity contribution in [1.82, 2.24) is 0 Å². The maximum absolute atomic E-state index is 11.4. The molecule has 0 aliphatic carbocycles. The van der Waals surface area contributed by atoms with Crippen molar-refractivity contribution >= 4 is 8.32 Å². The van der Waals surface area contributed by atoms with Crippen LogP contribution in [0.1, 0.15) is 40.2 Å². The van der Waals surface area contributed by atoms with Gasteiger partial charge in [-0.25, -0.2) is 0 Å². The molecule has 3 heteroatoms. The molecule has 0 aromatic heterocycles. The Bertz CT molecular complexity index is 407. The largest absolute Gasteiger partial charge is 0.409 e. The van der Waals surface area contributed by atoms with E-state index in [1.54, 1.807) is 0 Å². The molecule has 1 N–H and O–H groups in total. The predicted octanol–water partition coefficient (Wildman–Crippen LogP) is 4.09. The van der Waals surface area contributed by atoms with Crippen molar-refractivity contribution in [2.75, 3.05) is 0 Å². The van der Waals surface area contributed by atoms with Gasteiger partial charge in [-0.3, -0.25) is 0 Å². The highest BCUT2D eigenvalue weighted by Gasteiger charge is 2.52. The van der Waals surface area contributed by atoms with Gasteiger partial charge in [0.05, 0.1) is 0 Å². The first-order valence-corrected chi connectivity index (χ1v) is 9.89. The monoisotopic (exact) mass is 280 g/mol. The highest BCUT2D eigenvalue weighted by molar-refractivity contribution is 6.73. The molecule has 0 spiro atoms. The lowest BCUT2D eigenvalue weighted by molar-refractivity contribution is 0.0128. The van der Waals surface area contributed by atoms with Gasteiger partial charge in [-0.2, -0.15) is 0 Å². The molecule has 0 saturated carbocycles. The Morgan fingerprint density at radius 2 is 1.53 bits per heavy atom. The smallest absolute Gasteiger partial charge is 0.224 e. The highest BCUT2D eigenvalue weighted by atomic mass is 28.4. The standard InChI is InChI=1S/C16H28O2Si/c1-13(2)16(17,14-11-9-8-10-12-14)19(6,7)18-15(3,4)5/h8-13,17H,1-7H3. The summed E-state index contributed by atoms with van der Waals surface area (Å²) in [6.45, 7) is 14.5. The molecular weight excluding hydrogens is 252 g/mol. The van der Waals surface area contributed by atoms with Crippen LogP contribution in [0.5, 0.6) is 0 Å². The summed E-state index contributed by atoms with van der Waals surface area (Å²) in [7, 11) is -2.34. The maximum atomic E-state index is 11.4. The fraction of sp³-hybridized carbons (Fsp3) is 0.625. The molecule has 1 aromatic carbocycles. The van der Waals surface area contributed by atoms with Gasteiger partial charge in [0, 0.05) is 5.60 Å². The van der Waals surface area contributed by atoms with Crippen molar-refractivity contribution in [3.05, 3.63) is 35.9 Å². The van der Waals surface area contributed by atoms with E-state index in [1.807, 2.05) is 51.1 Å². The SMILES string of the molecule is CC(C)C(O)(c1ccccc1)[Si](C)(C)OC(C)(C)C. The first-order chi connectivity index (χ1) is 8.51. The third-order valence-electron chi connectivity index (χ3n) is 3.53. The second kappa shape index (κ2) is 5.39. The van der Waals surface area contributed by atoms with Crippen LogP contribution >= 0.6 is 0 Å². The molecule has 0 radical (unpaired) electrons. The van der Waals surface area contributed by atoms with Gasteiger partial charge in [-0.15, -0.1) is 0 Å². The van der Waals surface area contributed by atoms with E-state index in [4.69, 9.17) is 4.43 Å². The molecule has 1 aromatic rings. The van der Waals surface area contributed by atoms with E-state index in [9.17, 15) is 5.11 Å². The second-order valence-corrected chi connectivity index (χ2v) is 11.0. The molecule has 0 bridgehead atoms. The molecule has 0 heterocycles. The van der Waals surface area contributed by atoms with Crippen molar-refractivity contribution in [2.24, 2.45) is 5.92 Å². The van der Waals surface area contributed by atoms with Gasteiger partial charge in [0.1, 0.15) is 5.22 Å². The Morgan fingerprint density at radius 3 is 1.89 bits per heavy atom. The lowest BCUT2D eigenvalue weighted by Crippen LogP contribution is -2.59. The van der Waals surface area contributed by atoms with Gasteiger partial charge in [0.25, 0.3) is 0 Å². The zero-order valence-electron chi connectivity index (χ0n) is 13.3. The summed E-state index contributed by atoms with van der Waals surface area (Å²) in [5, 5.41) is 10.5. The molecule has 1 unspecified atom stereocenters. The fourth-order valence-electron chi connectivity index (χ4n) is 2.91. The minimum Gasteiger partial charge on any atom is -0.409 e. The topological polar surface area (TPSA) is 29.5 Å². The van der Waals surface area contributed by atoms with E-state index in [2.05, 4.69) is 26.9 Å². The molecule has 0 amide bonds. The number of hydrogen-bond acceptors (Lipinski definition) is 2. The van der Waals surface area contributed by atoms with Crippen LogP contribution < -0.4 is 0 Å². The molecule has 0 fully saturated rings. The minimum absolute atomic E-state index is 0.110. The predicted molar refractivity (Wildman–Crippen MR) is 83.5 cm³/mol. The van der Waals surface area contributed by atoms with Crippen LogP contribution in [0.3, 0.4) is 0 Å². The Morgan fingerprint density at radius 1 is 1.05 bits per heavy atom. The van der Waals surface area contributed by atoms with Crippen molar-refractivity contribution in [2.45, 2.75) is 58.5 Å². The van der Waals surface area contributed by atoms with Gasteiger partial charge < -0.3 is 9.53 Å². The molecule has 0 saturated heterocycles. The van der Waals surface area contributed by atoms with Crippen LogP contribution in [0.4, 0.5) is 0 Å². The van der Waals surface area contributed by atoms with Crippen LogP contribution in [0.25, 0.3) is 0 Å². The molecule has 0 aliphatic heterocycles. The van der Waals surface area contributed by atoms with Gasteiger partial charge in [0.2, 0.25) is 8.32 Å². The molecule has 108 valence electrons. The van der Waals surface area contributed by atoms with E-state index in [0.717, 1.165) is 5.56 Å². The molecule has 0 aliphatic rings. The van der Waals surface area contributed by atoms with Crippen molar-refractivity contribution < 1.29 is 9.53 Å². The minimum atomic E-state index is -2.34. The van der Waals surface area contributed by atoms with Crippen molar-refractivity contribution in [3.8, 4) is 0 Å². The van der Waals surface area contributed by atoms with Gasteiger partial charge in [0.15, 0.2) is 0 Å². The van der Waals surface area contributed by atoms with Gasteiger partial charge in [-0.05, 0) is 45.3 Å². The van der Waals surface area contributed by atoms with E-state index in [-0.39, 0.29) is 11.5 Å². The first-order valence-electron chi connectivity index (χ1n) is 6.99. The lowest BCUT2D eigenvalue weighted by Gasteiger charge is -2.47. The van der Waals surface area contributed by atoms with Crippen LogP contribution in [0.2, 0.25) is 13.1 Å². The van der Waals surface area contributed by atoms with Gasteiger partial charge in [-0.1, -0.05) is 44.2 Å². The zero-order valence-corrected chi connectivity index (χ0v) is 14.3. The third kappa shape index (κ3) is 3.47. The number of rotatable bonds is 4. The quantitative estimate of drug-likeness (QED) is 0.842. The normalized spacial score (nSPS) is 16.5. The van der Waals surface area contributed by atoms with E-state index < -0.39 is 13.5 Å². The number of benzene rings is 1. The Balaban J connectivity index is 3.27. The van der Waals surface area contributed by atoms with E-state index in [1.165, 1.54) is 0 Å². The Hall–Kier alpha value is -0.643. The second-order valence-electron chi connectivity index (χ2n) is 7.01. The maximum Gasteiger partial charge on any atom is 0.224 e. The zero-order chi connectivity index (χ0) is 14.9. The van der Waals surface area contributed by atoms with Crippen LogP contribution in [-0.2, 0) is 9.65 Å². The number of hydrogen-bond donors (Lipinski definition) is 1. The summed E-state index contributed by atoms with van der Waals surface area (Å²) in [6, 6.07) is 9.93. The van der Waals surface area contributed by atoms with Crippen molar-refractivity contribution in [1.29, 1.82) is 0 Å². The van der Waals surface area contributed by atoms with Crippen LogP contribution in [0.15, 0.2) is 30.3 Å². The molecular formula is C16H28O2Si. The summed E-state index contributed by atoms with van der Waals surface area (Å²) in [6.07, 6.45) is 0. The van der Waals surface area contributed by atoms with E-state index in [0.29, 0.717) is 0 Å². The molecule has 2 nitrogen and oxygen atoms in total. The highest BCUT2D eigenvalue weighted by Crippen LogP contribution is 2.40. The van der Waals surface area contributed by atoms with Crippen LogP contribution in [-0.4, -0.2) is 19.0 Å². The van der Waals surface area contributed by atoms with Crippen LogP contribution in [0, 0.1) is 5.92 Å². The summed E-state index contributed by atoms with van der Waals surface area (Å²) in [5.74, 6) is 0.110. The third-order valence-corrected chi connectivity index (χ3v) is 7.35. The Kier molecular flexibility index (Phi) is 4.65. The summed E-state index contributed by atoms with van der Waals surface area (Å²) < 4.78 is 6.29. The average Bonchev–Trinajstić information content (AvgIpc) is 2.25. The summed E-state index contributed by atoms with van der Waals surface area (Å²) in [5.41, 5.74) is 0.721. The fourth-order valence-corrected chi connectivity index (χ4v) is 6.85. The van der Waals surface area contributed by atoms with Crippen molar-refractivity contribution in [3.63, 3.8) is 0 Å². The van der Waals surface area contributed by atoms with Gasteiger partial charge >= 0.3 is 0 Å². The average molecular weight is 280 g/mol. The molecule has 1 rings (SSSR count). The first kappa shape index (κ1) is 16.4. The molecule has 19 heavy (non-hydrogen) atoms. The van der Waals surface area contributed by atoms with E-state index >= 15 is 0 Å². The summed E-state index contributed by atoms with van der Waals surface area (Å²) >= 11 is 0. The summed E-state index contributed by atoms with van der Waals surface area (Å²) in [4.78, 5) is 0. The lowest BCUT2D eigenvalue weighted by atomic mass is 9.98.